The van der Waals surface area contributed by atoms with Crippen LogP contribution in [0.2, 0.25) is 0 Å². The minimum atomic E-state index is 0.888. The highest BCUT2D eigenvalue weighted by Gasteiger charge is 2.23. The number of para-hydroxylation sites is 9. The molecule has 23 rings (SSSR count). The highest BCUT2D eigenvalue weighted by atomic mass is 16.3. The van der Waals surface area contributed by atoms with E-state index in [4.69, 9.17) is 8.83 Å². The lowest BCUT2D eigenvalue weighted by molar-refractivity contribution is 0.668. The molecular formula is C112H74N4O2. The molecule has 0 unspecified atom stereocenters. The van der Waals surface area contributed by atoms with E-state index in [9.17, 15) is 0 Å². The molecule has 0 atom stereocenters. The van der Waals surface area contributed by atoms with Crippen LogP contribution in [0.3, 0.4) is 0 Å². The number of anilines is 6. The molecule has 6 nitrogen and oxygen atoms in total. The summed E-state index contributed by atoms with van der Waals surface area (Å²) >= 11 is 0. The van der Waals surface area contributed by atoms with Crippen LogP contribution in [0, 0.1) is 0 Å². The molecular weight excluding hydrogens is 1430 g/mol. The molecule has 0 fully saturated rings. The number of fused-ring (bicyclic) bond motifs is 13. The Morgan fingerprint density at radius 1 is 0.161 bits per heavy atom. The normalized spacial score (nSPS) is 11.6. The van der Waals surface area contributed by atoms with Crippen LogP contribution in [0.4, 0.5) is 34.1 Å². The molecule has 4 heterocycles. The van der Waals surface area contributed by atoms with E-state index in [1.807, 2.05) is 24.3 Å². The first kappa shape index (κ1) is 69.0. The highest BCUT2D eigenvalue weighted by molar-refractivity contribution is 6.13. The fourth-order valence-electron chi connectivity index (χ4n) is 17.8. The number of hydrogen-bond acceptors (Lipinski definition) is 4. The molecule has 0 aliphatic carbocycles. The Morgan fingerprint density at radius 2 is 0.483 bits per heavy atom. The molecule has 0 saturated carbocycles. The predicted octanol–water partition coefficient (Wildman–Crippen LogP) is 31.5. The maximum atomic E-state index is 6.31. The predicted molar refractivity (Wildman–Crippen MR) is 496 cm³/mol. The Balaban J connectivity index is 0.000000143. The lowest BCUT2D eigenvalue weighted by Gasteiger charge is -2.26. The third-order valence-electron chi connectivity index (χ3n) is 23.3. The van der Waals surface area contributed by atoms with Gasteiger partial charge in [-0.05, 0) is 260 Å². The quantitative estimate of drug-likeness (QED) is 0.109. The van der Waals surface area contributed by atoms with E-state index < -0.39 is 0 Å². The highest BCUT2D eigenvalue weighted by Crippen LogP contribution is 2.47. The second-order valence-corrected chi connectivity index (χ2v) is 30.3. The summed E-state index contributed by atoms with van der Waals surface area (Å²) in [4.78, 5) is 4.68. The molecule has 23 aromatic rings. The van der Waals surface area contributed by atoms with Gasteiger partial charge < -0.3 is 27.8 Å². The van der Waals surface area contributed by atoms with Crippen molar-refractivity contribution in [1.82, 2.24) is 9.13 Å². The van der Waals surface area contributed by atoms with E-state index in [0.29, 0.717) is 0 Å². The Kier molecular flexibility index (Phi) is 17.1. The third kappa shape index (κ3) is 12.4. The van der Waals surface area contributed by atoms with Crippen LogP contribution in [0.25, 0.3) is 176 Å². The Morgan fingerprint density at radius 3 is 0.949 bits per heavy atom. The molecule has 0 N–H and O–H groups in total. The molecule has 0 aliphatic heterocycles. The smallest absolute Gasteiger partial charge is 0.135 e. The van der Waals surface area contributed by atoms with Gasteiger partial charge in [0.2, 0.25) is 0 Å². The fourth-order valence-corrected chi connectivity index (χ4v) is 17.8. The van der Waals surface area contributed by atoms with Crippen LogP contribution >= 0.6 is 0 Å². The summed E-state index contributed by atoms with van der Waals surface area (Å²) in [7, 11) is 0. The van der Waals surface area contributed by atoms with E-state index in [1.165, 1.54) is 65.5 Å². The van der Waals surface area contributed by atoms with Crippen molar-refractivity contribution in [2.75, 3.05) is 9.80 Å². The van der Waals surface area contributed by atoms with E-state index >= 15 is 0 Å². The van der Waals surface area contributed by atoms with Crippen LogP contribution in [-0.2, 0) is 0 Å². The molecule has 0 spiro atoms. The zero-order valence-electron chi connectivity index (χ0n) is 64.3. The summed E-state index contributed by atoms with van der Waals surface area (Å²) in [5.41, 5.74) is 31.2. The Hall–Kier alpha value is -15.8. The maximum Gasteiger partial charge on any atom is 0.135 e. The molecule has 118 heavy (non-hydrogen) atoms. The summed E-state index contributed by atoms with van der Waals surface area (Å²) in [6, 6.07) is 161. The standard InChI is InChI=1S/C58H38N2O.C54H36N2O/c1-3-17-45(18-4-1)59(48-30-26-39-14-7-8-15-40(39)34-48)47-21-13-16-43(35-47)49-31-27-41(36-52(49)44-29-33-58-54(38-44)51-23-10-12-25-57(51)61-58)42-28-32-56-53(37-42)50-22-9-11-24-55(50)60(56)46-19-5-2-6-20-46;1-4-16-41(17-5-1)55(42-18-6-2-7-19-42)44-22-14-15-39(33-44)45-30-27-37(34-48(45)40-29-32-54-50(36-40)47-24-11-13-26-53(47)57-54)38-28-31-52-49(35-38)46-23-10-12-25-51(46)56(52)43-20-8-3-9-21-43/h1-38H;1-36H. The van der Waals surface area contributed by atoms with Gasteiger partial charge in [0, 0.05) is 88.6 Å². The van der Waals surface area contributed by atoms with E-state index in [-0.39, 0.29) is 0 Å². The number of rotatable bonds is 14. The Bertz CT molecular complexity index is 7710. The molecule has 0 amide bonds. The van der Waals surface area contributed by atoms with Crippen molar-refractivity contribution in [2.24, 2.45) is 0 Å². The van der Waals surface area contributed by atoms with Crippen molar-refractivity contribution >= 4 is 132 Å². The maximum absolute atomic E-state index is 6.31. The zero-order chi connectivity index (χ0) is 78.0. The SMILES string of the molecule is c1ccc(N(c2cccc(-c3ccc(-c4ccc5c(c4)c4ccccc4n5-c4ccccc4)cc3-c3ccc4oc5ccccc5c4c3)c2)c2ccc3ccccc3c2)cc1.c1ccc(N(c2ccccc2)c2cccc(-c3ccc(-c4ccc5c(c4)c4ccccc4n5-c4ccccc4)cc3-c3ccc4oc5ccccc5c4c3)c2)cc1. The van der Waals surface area contributed by atoms with Crippen molar-refractivity contribution in [3.05, 3.63) is 449 Å². The van der Waals surface area contributed by atoms with Gasteiger partial charge in [-0.2, -0.15) is 0 Å². The molecule has 4 aromatic heterocycles. The topological polar surface area (TPSA) is 42.6 Å². The Labute approximate surface area is 682 Å². The molecule has 0 radical (unpaired) electrons. The van der Waals surface area contributed by atoms with Crippen molar-refractivity contribution < 1.29 is 8.83 Å². The summed E-state index contributed by atoms with van der Waals surface area (Å²) in [5.74, 6) is 0. The second-order valence-electron chi connectivity index (χ2n) is 30.3. The van der Waals surface area contributed by atoms with Gasteiger partial charge in [-0.15, -0.1) is 0 Å². The molecule has 0 bridgehead atoms. The van der Waals surface area contributed by atoms with Gasteiger partial charge >= 0.3 is 0 Å². The lowest BCUT2D eigenvalue weighted by atomic mass is 9.90. The van der Waals surface area contributed by atoms with Crippen molar-refractivity contribution in [2.45, 2.75) is 0 Å². The lowest BCUT2D eigenvalue weighted by Crippen LogP contribution is -2.09. The average molecular weight is 1510 g/mol. The zero-order valence-corrected chi connectivity index (χ0v) is 64.3. The van der Waals surface area contributed by atoms with E-state index in [0.717, 1.165) is 145 Å². The largest absolute Gasteiger partial charge is 0.456 e. The monoisotopic (exact) mass is 1510 g/mol. The molecule has 19 aromatic carbocycles. The number of nitrogens with zero attached hydrogens (tertiary/aromatic N) is 4. The fraction of sp³-hybridized carbons (Fsp3) is 0. The van der Waals surface area contributed by atoms with Crippen molar-refractivity contribution in [1.29, 1.82) is 0 Å². The van der Waals surface area contributed by atoms with Gasteiger partial charge in [-0.3, -0.25) is 0 Å². The van der Waals surface area contributed by atoms with Crippen LogP contribution in [-0.4, -0.2) is 9.13 Å². The van der Waals surface area contributed by atoms with Gasteiger partial charge in [-0.25, -0.2) is 0 Å². The minimum Gasteiger partial charge on any atom is -0.456 e. The van der Waals surface area contributed by atoms with Crippen LogP contribution in [0.1, 0.15) is 0 Å². The number of aromatic nitrogens is 2. The van der Waals surface area contributed by atoms with Crippen LogP contribution in [0.15, 0.2) is 458 Å². The van der Waals surface area contributed by atoms with Crippen molar-refractivity contribution in [3.63, 3.8) is 0 Å². The van der Waals surface area contributed by atoms with E-state index in [2.05, 4.69) is 444 Å². The summed E-state index contributed by atoms with van der Waals surface area (Å²) in [5, 5.41) is 11.8. The number of hydrogen-bond donors (Lipinski definition) is 0. The number of furan rings is 2. The van der Waals surface area contributed by atoms with Gasteiger partial charge in [0.1, 0.15) is 22.3 Å². The van der Waals surface area contributed by atoms with Crippen LogP contribution in [0.5, 0.6) is 0 Å². The summed E-state index contributed by atoms with van der Waals surface area (Å²) in [6.07, 6.45) is 0. The van der Waals surface area contributed by atoms with Gasteiger partial charge in [0.15, 0.2) is 0 Å². The van der Waals surface area contributed by atoms with Gasteiger partial charge in [0.05, 0.1) is 22.1 Å². The molecule has 554 valence electrons. The van der Waals surface area contributed by atoms with E-state index in [1.54, 1.807) is 0 Å². The third-order valence-corrected chi connectivity index (χ3v) is 23.3. The van der Waals surface area contributed by atoms with Crippen molar-refractivity contribution in [3.8, 4) is 78.1 Å². The first-order valence-corrected chi connectivity index (χ1v) is 40.2. The average Bonchev–Trinajstić information content (AvgIpc) is 1.58. The van der Waals surface area contributed by atoms with Gasteiger partial charge in [0.25, 0.3) is 0 Å². The van der Waals surface area contributed by atoms with Gasteiger partial charge in [-0.1, -0.05) is 267 Å². The first-order valence-electron chi connectivity index (χ1n) is 40.2. The minimum absolute atomic E-state index is 0.888. The number of benzene rings is 19. The second kappa shape index (κ2) is 29.3. The molecule has 0 aliphatic rings. The molecule has 0 saturated heterocycles. The summed E-state index contributed by atoms with van der Waals surface area (Å²) in [6.45, 7) is 0. The summed E-state index contributed by atoms with van der Waals surface area (Å²) < 4.78 is 17.3. The molecule has 6 heteroatoms. The first-order chi connectivity index (χ1) is 58.5. The van der Waals surface area contributed by atoms with Crippen LogP contribution < -0.4 is 9.80 Å².